The van der Waals surface area contributed by atoms with Gasteiger partial charge in [-0.25, -0.2) is 26.7 Å². The predicted octanol–water partition coefficient (Wildman–Crippen LogP) is 0.453. The van der Waals surface area contributed by atoms with Gasteiger partial charge in [0.25, 0.3) is 15.9 Å². The fourth-order valence-electron chi connectivity index (χ4n) is 1.73. The highest BCUT2D eigenvalue weighted by atomic mass is 32.2. The van der Waals surface area contributed by atoms with Crippen LogP contribution in [-0.2, 0) is 20.0 Å². The number of carbonyl (C=O) groups excluding carboxylic acids is 1. The molecule has 22 heavy (non-hydrogen) atoms. The molecule has 0 saturated heterocycles. The van der Waals surface area contributed by atoms with E-state index in [0.717, 1.165) is 12.1 Å². The number of nitrogens with two attached hydrogens (primary N) is 1. The predicted molar refractivity (Wildman–Crippen MR) is 78.9 cm³/mol. The van der Waals surface area contributed by atoms with Gasteiger partial charge < -0.3 is 0 Å². The summed E-state index contributed by atoms with van der Waals surface area (Å²) in [5.74, 6) is -0.871. The summed E-state index contributed by atoms with van der Waals surface area (Å²) in [5, 5.41) is 4.99. The molecule has 3 N–H and O–H groups in total. The average molecular weight is 340 g/mol. The molecule has 0 radical (unpaired) electrons. The maximum Gasteiger partial charge on any atom is 0.265 e. The van der Waals surface area contributed by atoms with Crippen LogP contribution in [0.4, 0.5) is 0 Å². The van der Waals surface area contributed by atoms with Gasteiger partial charge in [0.15, 0.2) is 0 Å². The third-order valence-electron chi connectivity index (χ3n) is 2.71. The third-order valence-corrected chi connectivity index (χ3v) is 5.20. The van der Waals surface area contributed by atoms with Gasteiger partial charge in [0, 0.05) is 5.56 Å². The minimum Gasteiger partial charge on any atom is -0.268 e. The number of hydrogen-bond donors (Lipinski definition) is 2. The van der Waals surface area contributed by atoms with Crippen molar-refractivity contribution in [2.24, 2.45) is 5.14 Å². The molecule has 9 heteroatoms. The van der Waals surface area contributed by atoms with Crippen LogP contribution in [0.1, 0.15) is 10.4 Å². The first kappa shape index (κ1) is 16.1. The van der Waals surface area contributed by atoms with Crippen molar-refractivity contribution >= 4 is 26.0 Å². The monoisotopic (exact) mass is 340 g/mol. The van der Waals surface area contributed by atoms with Crippen LogP contribution in [0.25, 0.3) is 0 Å². The molecule has 0 saturated carbocycles. The van der Waals surface area contributed by atoms with E-state index >= 15 is 0 Å². The van der Waals surface area contributed by atoms with Crippen LogP contribution >= 0.6 is 0 Å². The zero-order valence-electron chi connectivity index (χ0n) is 11.1. The zero-order chi connectivity index (χ0) is 16.4. The van der Waals surface area contributed by atoms with Crippen LogP contribution in [0, 0.1) is 0 Å². The van der Waals surface area contributed by atoms with Crippen molar-refractivity contribution in [3.8, 4) is 0 Å². The normalized spacial score (nSPS) is 11.9. The van der Waals surface area contributed by atoms with Gasteiger partial charge in [-0.3, -0.25) is 4.79 Å². The van der Waals surface area contributed by atoms with Gasteiger partial charge in [-0.15, -0.1) is 0 Å². The van der Waals surface area contributed by atoms with E-state index < -0.39 is 35.7 Å². The van der Waals surface area contributed by atoms with Crippen LogP contribution in [0.5, 0.6) is 0 Å². The first-order valence-electron chi connectivity index (χ1n) is 5.96. The summed E-state index contributed by atoms with van der Waals surface area (Å²) in [6.07, 6.45) is 0. The van der Waals surface area contributed by atoms with Crippen molar-refractivity contribution in [1.82, 2.24) is 4.72 Å². The van der Waals surface area contributed by atoms with E-state index in [2.05, 4.69) is 0 Å². The Morgan fingerprint density at radius 2 is 1.32 bits per heavy atom. The van der Waals surface area contributed by atoms with E-state index in [-0.39, 0.29) is 5.56 Å². The van der Waals surface area contributed by atoms with E-state index in [9.17, 15) is 21.6 Å². The number of benzene rings is 2. The highest BCUT2D eigenvalue weighted by Crippen LogP contribution is 2.19. The van der Waals surface area contributed by atoms with E-state index in [4.69, 9.17) is 5.14 Å². The molecule has 0 aliphatic carbocycles. The molecule has 0 heterocycles. The van der Waals surface area contributed by atoms with E-state index in [0.29, 0.717) is 0 Å². The van der Waals surface area contributed by atoms with Crippen LogP contribution < -0.4 is 9.86 Å². The Labute approximate surface area is 127 Å². The molecule has 116 valence electrons. The third kappa shape index (κ3) is 3.50. The SMILES string of the molecule is NS(=O)(=O)c1ccccc1S(=O)(=O)NC(=O)c1ccccc1. The number of sulfonamides is 2. The van der Waals surface area contributed by atoms with Crippen molar-refractivity contribution < 1.29 is 21.6 Å². The molecule has 0 aromatic heterocycles. The number of nitrogens with one attached hydrogen (secondary N) is 1. The second-order valence-electron chi connectivity index (χ2n) is 4.29. The number of primary sulfonamides is 1. The highest BCUT2D eigenvalue weighted by molar-refractivity contribution is 7.92. The standard InChI is InChI=1S/C13H12N2O5S2/c14-21(17,18)11-8-4-5-9-12(11)22(19,20)15-13(16)10-6-2-1-3-7-10/h1-9H,(H,15,16)(H2,14,17,18). The summed E-state index contributed by atoms with van der Waals surface area (Å²) in [7, 11) is -8.63. The summed E-state index contributed by atoms with van der Waals surface area (Å²) in [5.41, 5.74) is 0.124. The van der Waals surface area contributed by atoms with Crippen molar-refractivity contribution in [3.05, 3.63) is 60.2 Å². The number of hydrogen-bond acceptors (Lipinski definition) is 5. The molecule has 0 fully saturated rings. The number of carbonyl (C=O) groups is 1. The fourth-order valence-corrected chi connectivity index (χ4v) is 4.09. The first-order chi connectivity index (χ1) is 10.2. The summed E-state index contributed by atoms with van der Waals surface area (Å²) >= 11 is 0. The van der Waals surface area contributed by atoms with Gasteiger partial charge in [-0.1, -0.05) is 30.3 Å². The average Bonchev–Trinajstić information content (AvgIpc) is 2.47. The van der Waals surface area contributed by atoms with Crippen LogP contribution in [-0.4, -0.2) is 22.7 Å². The molecule has 0 bridgehead atoms. The molecular formula is C13H12N2O5S2. The second-order valence-corrected chi connectivity index (χ2v) is 7.47. The minimum absolute atomic E-state index is 0.124. The van der Waals surface area contributed by atoms with Crippen molar-refractivity contribution in [1.29, 1.82) is 0 Å². The van der Waals surface area contributed by atoms with Crippen molar-refractivity contribution in [3.63, 3.8) is 0 Å². The lowest BCUT2D eigenvalue weighted by atomic mass is 10.2. The van der Waals surface area contributed by atoms with Gasteiger partial charge in [-0.05, 0) is 24.3 Å². The van der Waals surface area contributed by atoms with Gasteiger partial charge in [-0.2, -0.15) is 0 Å². The lowest BCUT2D eigenvalue weighted by molar-refractivity contribution is 0.0981. The number of amides is 1. The minimum atomic E-state index is -4.38. The van der Waals surface area contributed by atoms with Crippen LogP contribution in [0.15, 0.2) is 64.4 Å². The Hall–Kier alpha value is -2.23. The molecule has 0 unspecified atom stereocenters. The lowest BCUT2D eigenvalue weighted by Gasteiger charge is -2.10. The van der Waals surface area contributed by atoms with Crippen molar-refractivity contribution in [2.45, 2.75) is 9.79 Å². The molecule has 7 nitrogen and oxygen atoms in total. The summed E-state index contributed by atoms with van der Waals surface area (Å²) in [6, 6.07) is 12.4. The maximum absolute atomic E-state index is 12.2. The van der Waals surface area contributed by atoms with Crippen LogP contribution in [0.3, 0.4) is 0 Å². The van der Waals surface area contributed by atoms with Gasteiger partial charge in [0.05, 0.1) is 0 Å². The molecule has 2 aromatic carbocycles. The first-order valence-corrected chi connectivity index (χ1v) is 8.99. The Morgan fingerprint density at radius 1 is 0.818 bits per heavy atom. The quantitative estimate of drug-likeness (QED) is 0.836. The Kier molecular flexibility index (Phi) is 4.31. The molecule has 1 amide bonds. The molecular weight excluding hydrogens is 328 g/mol. The molecule has 0 aliphatic heterocycles. The topological polar surface area (TPSA) is 123 Å². The Balaban J connectivity index is 2.43. The molecule has 0 aliphatic rings. The largest absolute Gasteiger partial charge is 0.268 e. The Morgan fingerprint density at radius 3 is 1.86 bits per heavy atom. The maximum atomic E-state index is 12.2. The van der Waals surface area contributed by atoms with Gasteiger partial charge in [0.1, 0.15) is 9.79 Å². The molecule has 0 atom stereocenters. The van der Waals surface area contributed by atoms with E-state index in [1.54, 1.807) is 18.2 Å². The molecule has 2 rings (SSSR count). The lowest BCUT2D eigenvalue weighted by Crippen LogP contribution is -2.32. The van der Waals surface area contributed by atoms with Gasteiger partial charge >= 0.3 is 0 Å². The number of rotatable bonds is 4. The van der Waals surface area contributed by atoms with E-state index in [1.165, 1.54) is 24.3 Å². The summed E-state index contributed by atoms with van der Waals surface area (Å²) in [4.78, 5) is 10.8. The zero-order valence-corrected chi connectivity index (χ0v) is 12.8. The fraction of sp³-hybridized carbons (Fsp3) is 0. The van der Waals surface area contributed by atoms with E-state index in [1.807, 2.05) is 4.72 Å². The summed E-state index contributed by atoms with van der Waals surface area (Å²) < 4.78 is 49.2. The van der Waals surface area contributed by atoms with Crippen molar-refractivity contribution in [2.75, 3.05) is 0 Å². The smallest absolute Gasteiger partial charge is 0.265 e. The van der Waals surface area contributed by atoms with Gasteiger partial charge in [0.2, 0.25) is 10.0 Å². The summed E-state index contributed by atoms with van der Waals surface area (Å²) in [6.45, 7) is 0. The second kappa shape index (κ2) is 5.87. The highest BCUT2D eigenvalue weighted by Gasteiger charge is 2.25. The molecule has 0 spiro atoms. The molecule has 2 aromatic rings. The Bertz CT molecular complexity index is 906. The van der Waals surface area contributed by atoms with Crippen LogP contribution in [0.2, 0.25) is 0 Å².